The van der Waals surface area contributed by atoms with Gasteiger partial charge in [-0.1, -0.05) is 19.1 Å². The maximum absolute atomic E-state index is 8.73. The molecular weight excluding hydrogens is 244 g/mol. The highest BCUT2D eigenvalue weighted by Crippen LogP contribution is 1.98. The van der Waals surface area contributed by atoms with Crippen LogP contribution in [0.15, 0.2) is 6.20 Å². The minimum atomic E-state index is 0.182. The quantitative estimate of drug-likeness (QED) is 0.582. The second-order valence-corrected chi connectivity index (χ2v) is 5.02. The molecule has 1 rings (SSSR count). The van der Waals surface area contributed by atoms with E-state index in [4.69, 9.17) is 9.84 Å². The standard InChI is InChI=1S/C13H26N4O2/c1-12(2)4-8-19-9-5-14-10-13-11-17(16-15-13)6-3-7-18/h11-12,14,18H,3-10H2,1-2H3. The lowest BCUT2D eigenvalue weighted by atomic mass is 10.1. The predicted molar refractivity (Wildman–Crippen MR) is 73.7 cm³/mol. The van der Waals surface area contributed by atoms with Crippen LogP contribution in [0.5, 0.6) is 0 Å². The van der Waals surface area contributed by atoms with Crippen LogP contribution in [0, 0.1) is 5.92 Å². The number of aromatic nitrogens is 3. The monoisotopic (exact) mass is 270 g/mol. The van der Waals surface area contributed by atoms with Crippen molar-refractivity contribution in [2.24, 2.45) is 5.92 Å². The first-order valence-corrected chi connectivity index (χ1v) is 7.00. The molecule has 1 heterocycles. The summed E-state index contributed by atoms with van der Waals surface area (Å²) in [7, 11) is 0. The van der Waals surface area contributed by atoms with Crippen molar-refractivity contribution in [2.45, 2.75) is 39.8 Å². The SMILES string of the molecule is CC(C)CCOCCNCc1cn(CCCO)nn1. The van der Waals surface area contributed by atoms with Crippen LogP contribution in [0.25, 0.3) is 0 Å². The van der Waals surface area contributed by atoms with E-state index in [1.165, 1.54) is 0 Å². The second-order valence-electron chi connectivity index (χ2n) is 5.02. The maximum Gasteiger partial charge on any atom is 0.0964 e. The van der Waals surface area contributed by atoms with E-state index in [9.17, 15) is 0 Å². The smallest absolute Gasteiger partial charge is 0.0964 e. The zero-order chi connectivity index (χ0) is 13.9. The first-order valence-electron chi connectivity index (χ1n) is 7.00. The summed E-state index contributed by atoms with van der Waals surface area (Å²) in [6.45, 7) is 8.36. The molecule has 19 heavy (non-hydrogen) atoms. The largest absolute Gasteiger partial charge is 0.396 e. The summed E-state index contributed by atoms with van der Waals surface area (Å²) in [5, 5.41) is 20.0. The van der Waals surface area contributed by atoms with Crippen molar-refractivity contribution < 1.29 is 9.84 Å². The Morgan fingerprint density at radius 2 is 2.26 bits per heavy atom. The number of aryl methyl sites for hydroxylation is 1. The van der Waals surface area contributed by atoms with Crippen LogP contribution in [0.3, 0.4) is 0 Å². The topological polar surface area (TPSA) is 72.2 Å². The van der Waals surface area contributed by atoms with Crippen molar-refractivity contribution in [3.63, 3.8) is 0 Å². The molecule has 0 aliphatic heterocycles. The highest BCUT2D eigenvalue weighted by atomic mass is 16.5. The Morgan fingerprint density at radius 3 is 3.00 bits per heavy atom. The number of hydrogen-bond donors (Lipinski definition) is 2. The third-order valence-corrected chi connectivity index (χ3v) is 2.70. The van der Waals surface area contributed by atoms with Crippen molar-refractivity contribution in [2.75, 3.05) is 26.4 Å². The molecule has 0 spiro atoms. The van der Waals surface area contributed by atoms with Crippen molar-refractivity contribution >= 4 is 0 Å². The third-order valence-electron chi connectivity index (χ3n) is 2.70. The molecular formula is C13H26N4O2. The van der Waals surface area contributed by atoms with Gasteiger partial charge in [-0.15, -0.1) is 5.10 Å². The number of nitrogens with one attached hydrogen (secondary N) is 1. The van der Waals surface area contributed by atoms with Crippen molar-refractivity contribution in [1.82, 2.24) is 20.3 Å². The van der Waals surface area contributed by atoms with Gasteiger partial charge in [-0.25, -0.2) is 0 Å². The fraction of sp³-hybridized carbons (Fsp3) is 0.846. The van der Waals surface area contributed by atoms with Crippen LogP contribution in [0.2, 0.25) is 0 Å². The summed E-state index contributed by atoms with van der Waals surface area (Å²) in [6.07, 6.45) is 3.72. The number of aliphatic hydroxyl groups is 1. The first-order chi connectivity index (χ1) is 9.22. The van der Waals surface area contributed by atoms with E-state index < -0.39 is 0 Å². The van der Waals surface area contributed by atoms with Crippen LogP contribution in [-0.4, -0.2) is 46.5 Å². The Hall–Kier alpha value is -0.980. The fourth-order valence-electron chi connectivity index (χ4n) is 1.54. The molecule has 0 atom stereocenters. The molecule has 0 saturated carbocycles. The lowest BCUT2D eigenvalue weighted by Gasteiger charge is -2.06. The Balaban J connectivity index is 2.01. The minimum absolute atomic E-state index is 0.182. The molecule has 6 heteroatoms. The molecule has 0 amide bonds. The van der Waals surface area contributed by atoms with E-state index in [-0.39, 0.29) is 6.61 Å². The summed E-state index contributed by atoms with van der Waals surface area (Å²) < 4.78 is 7.27. The Labute approximate surface area is 115 Å². The van der Waals surface area contributed by atoms with Crippen LogP contribution in [0.4, 0.5) is 0 Å². The van der Waals surface area contributed by atoms with Gasteiger partial charge in [0.25, 0.3) is 0 Å². The summed E-state index contributed by atoms with van der Waals surface area (Å²) in [5.41, 5.74) is 0.917. The number of hydrogen-bond acceptors (Lipinski definition) is 5. The Bertz CT molecular complexity index is 328. The van der Waals surface area contributed by atoms with E-state index in [1.54, 1.807) is 4.68 Å². The maximum atomic E-state index is 8.73. The molecule has 0 fully saturated rings. The summed E-state index contributed by atoms with van der Waals surface area (Å²) in [4.78, 5) is 0. The molecule has 0 saturated heterocycles. The highest BCUT2D eigenvalue weighted by molar-refractivity contribution is 4.91. The lowest BCUT2D eigenvalue weighted by molar-refractivity contribution is 0.125. The van der Waals surface area contributed by atoms with Crippen LogP contribution in [0.1, 0.15) is 32.4 Å². The molecule has 110 valence electrons. The molecule has 0 aliphatic rings. The highest BCUT2D eigenvalue weighted by Gasteiger charge is 2.00. The van der Waals surface area contributed by atoms with Crippen molar-refractivity contribution in [3.8, 4) is 0 Å². The number of ether oxygens (including phenoxy) is 1. The molecule has 1 aromatic heterocycles. The van der Waals surface area contributed by atoms with Gasteiger partial charge >= 0.3 is 0 Å². The van der Waals surface area contributed by atoms with Crippen LogP contribution < -0.4 is 5.32 Å². The number of rotatable bonds is 11. The average molecular weight is 270 g/mol. The zero-order valence-corrected chi connectivity index (χ0v) is 12.0. The van der Waals surface area contributed by atoms with E-state index in [0.717, 1.165) is 31.9 Å². The lowest BCUT2D eigenvalue weighted by Crippen LogP contribution is -2.20. The Morgan fingerprint density at radius 1 is 1.42 bits per heavy atom. The molecule has 0 aromatic carbocycles. The second kappa shape index (κ2) is 9.89. The zero-order valence-electron chi connectivity index (χ0n) is 12.0. The van der Waals surface area contributed by atoms with Gasteiger partial charge in [0.05, 0.1) is 12.3 Å². The molecule has 0 radical (unpaired) electrons. The molecule has 0 bridgehead atoms. The molecule has 0 unspecified atom stereocenters. The van der Waals surface area contributed by atoms with Crippen molar-refractivity contribution in [3.05, 3.63) is 11.9 Å². The van der Waals surface area contributed by atoms with Gasteiger partial charge in [0, 0.05) is 39.0 Å². The first kappa shape index (κ1) is 16.1. The minimum Gasteiger partial charge on any atom is -0.396 e. The molecule has 1 aromatic rings. The van der Waals surface area contributed by atoms with Crippen LogP contribution in [-0.2, 0) is 17.8 Å². The summed E-state index contributed by atoms with van der Waals surface area (Å²) >= 11 is 0. The number of nitrogens with zero attached hydrogens (tertiary/aromatic N) is 3. The van der Waals surface area contributed by atoms with Gasteiger partial charge in [-0.2, -0.15) is 0 Å². The summed E-state index contributed by atoms with van der Waals surface area (Å²) in [6, 6.07) is 0. The average Bonchev–Trinajstić information content (AvgIpc) is 2.83. The van der Waals surface area contributed by atoms with E-state index >= 15 is 0 Å². The fourth-order valence-corrected chi connectivity index (χ4v) is 1.54. The van der Waals surface area contributed by atoms with E-state index in [0.29, 0.717) is 25.4 Å². The van der Waals surface area contributed by atoms with Crippen LogP contribution >= 0.6 is 0 Å². The van der Waals surface area contributed by atoms with Crippen molar-refractivity contribution in [1.29, 1.82) is 0 Å². The molecule has 2 N–H and O–H groups in total. The van der Waals surface area contributed by atoms with Gasteiger partial charge < -0.3 is 15.2 Å². The van der Waals surface area contributed by atoms with E-state index in [1.807, 2.05) is 6.20 Å². The van der Waals surface area contributed by atoms with E-state index in [2.05, 4.69) is 29.5 Å². The van der Waals surface area contributed by atoms with Gasteiger partial charge in [-0.05, 0) is 18.8 Å². The summed E-state index contributed by atoms with van der Waals surface area (Å²) in [5.74, 6) is 0.696. The number of aliphatic hydroxyl groups excluding tert-OH is 1. The van der Waals surface area contributed by atoms with Gasteiger partial charge in [-0.3, -0.25) is 4.68 Å². The normalized spacial score (nSPS) is 11.4. The van der Waals surface area contributed by atoms with Gasteiger partial charge in [0.2, 0.25) is 0 Å². The third kappa shape index (κ3) is 7.92. The molecule has 0 aliphatic carbocycles. The van der Waals surface area contributed by atoms with Gasteiger partial charge in [0.1, 0.15) is 0 Å². The molecule has 6 nitrogen and oxygen atoms in total. The Kier molecular flexibility index (Phi) is 8.36. The van der Waals surface area contributed by atoms with Gasteiger partial charge in [0.15, 0.2) is 0 Å². The predicted octanol–water partition coefficient (Wildman–Crippen LogP) is 0.813.